The van der Waals surface area contributed by atoms with Crippen LogP contribution in [-0.4, -0.2) is 29.4 Å². The monoisotopic (exact) mass is 379 g/mol. The highest BCUT2D eigenvalue weighted by atomic mass is 16.2. The molecule has 0 bridgehead atoms. The number of anilines is 1. The van der Waals surface area contributed by atoms with Crippen LogP contribution in [0.25, 0.3) is 0 Å². The maximum atomic E-state index is 12.6. The Morgan fingerprint density at radius 3 is 2.46 bits per heavy atom. The normalized spacial score (nSPS) is 17.7. The number of nitrogens with one attached hydrogen (secondary N) is 2. The number of benzene rings is 2. The van der Waals surface area contributed by atoms with Gasteiger partial charge in [-0.25, -0.2) is 4.79 Å². The highest BCUT2D eigenvalue weighted by Crippen LogP contribution is 2.28. The fourth-order valence-corrected chi connectivity index (χ4v) is 3.79. The number of likely N-dealkylation sites (tertiary alicyclic amines) is 1. The SMILES string of the molecule is Cc1cccc(C(C)C)c1NC(=O)NC1CC(=O)N(C(C)c2ccccc2)C1. The van der Waals surface area contributed by atoms with Gasteiger partial charge in [0.15, 0.2) is 0 Å². The van der Waals surface area contributed by atoms with Gasteiger partial charge < -0.3 is 15.5 Å². The van der Waals surface area contributed by atoms with E-state index >= 15 is 0 Å². The Balaban J connectivity index is 1.64. The van der Waals surface area contributed by atoms with Crippen LogP contribution >= 0.6 is 0 Å². The van der Waals surface area contributed by atoms with Crippen molar-refractivity contribution in [2.24, 2.45) is 0 Å². The largest absolute Gasteiger partial charge is 0.334 e. The predicted octanol–water partition coefficient (Wildman–Crippen LogP) is 4.60. The Morgan fingerprint density at radius 1 is 1.07 bits per heavy atom. The minimum Gasteiger partial charge on any atom is -0.334 e. The number of carbonyl (C=O) groups excluding carboxylic acids is 2. The smallest absolute Gasteiger partial charge is 0.319 e. The summed E-state index contributed by atoms with van der Waals surface area (Å²) >= 11 is 0. The van der Waals surface area contributed by atoms with Crippen LogP contribution < -0.4 is 10.6 Å². The zero-order chi connectivity index (χ0) is 20.3. The molecule has 2 unspecified atom stereocenters. The quantitative estimate of drug-likeness (QED) is 0.797. The molecule has 148 valence electrons. The summed E-state index contributed by atoms with van der Waals surface area (Å²) in [6.45, 7) is 8.75. The Kier molecular flexibility index (Phi) is 6.02. The first kappa shape index (κ1) is 19.9. The van der Waals surface area contributed by atoms with Crippen molar-refractivity contribution in [2.75, 3.05) is 11.9 Å². The summed E-state index contributed by atoms with van der Waals surface area (Å²) in [5.41, 5.74) is 4.09. The minimum atomic E-state index is -0.261. The second-order valence-corrected chi connectivity index (χ2v) is 7.83. The van der Waals surface area contributed by atoms with Crippen LogP contribution in [0, 0.1) is 6.92 Å². The zero-order valence-electron chi connectivity index (χ0n) is 17.0. The fraction of sp³-hybridized carbons (Fsp3) is 0.391. The molecule has 0 aliphatic carbocycles. The van der Waals surface area contributed by atoms with Gasteiger partial charge in [-0.2, -0.15) is 0 Å². The number of hydrogen-bond donors (Lipinski definition) is 2. The maximum absolute atomic E-state index is 12.6. The third-order valence-electron chi connectivity index (χ3n) is 5.41. The molecule has 1 fully saturated rings. The molecule has 0 radical (unpaired) electrons. The summed E-state index contributed by atoms with van der Waals surface area (Å²) in [7, 11) is 0. The van der Waals surface area contributed by atoms with Gasteiger partial charge in [-0.1, -0.05) is 62.4 Å². The number of hydrogen-bond acceptors (Lipinski definition) is 2. The lowest BCUT2D eigenvalue weighted by Gasteiger charge is -2.25. The molecule has 1 aliphatic heterocycles. The number of nitrogens with zero attached hydrogens (tertiary/aromatic N) is 1. The predicted molar refractivity (Wildman–Crippen MR) is 112 cm³/mol. The van der Waals surface area contributed by atoms with E-state index in [2.05, 4.69) is 24.5 Å². The first-order valence-electron chi connectivity index (χ1n) is 9.88. The molecule has 3 rings (SSSR count). The van der Waals surface area contributed by atoms with Crippen LogP contribution in [-0.2, 0) is 4.79 Å². The van der Waals surface area contributed by atoms with Crippen LogP contribution in [0.3, 0.4) is 0 Å². The standard InChI is InChI=1S/C23H29N3O2/c1-15(2)20-12-8-9-16(3)22(20)25-23(28)24-19-13-21(27)26(14-19)17(4)18-10-6-5-7-11-18/h5-12,15,17,19H,13-14H2,1-4H3,(H2,24,25,28). The number of urea groups is 1. The van der Waals surface area contributed by atoms with Gasteiger partial charge in [-0.05, 0) is 36.5 Å². The molecule has 5 nitrogen and oxygen atoms in total. The average Bonchev–Trinajstić information content (AvgIpc) is 3.03. The molecule has 0 saturated carbocycles. The van der Waals surface area contributed by atoms with E-state index in [1.807, 2.05) is 67.3 Å². The highest BCUT2D eigenvalue weighted by molar-refractivity contribution is 5.92. The van der Waals surface area contributed by atoms with Gasteiger partial charge in [0.05, 0.1) is 12.1 Å². The molecule has 0 spiro atoms. The van der Waals surface area contributed by atoms with Crippen molar-refractivity contribution in [3.8, 4) is 0 Å². The van der Waals surface area contributed by atoms with Crippen LogP contribution in [0.4, 0.5) is 10.5 Å². The van der Waals surface area contributed by atoms with Crippen molar-refractivity contribution < 1.29 is 9.59 Å². The summed E-state index contributed by atoms with van der Waals surface area (Å²) in [5.74, 6) is 0.380. The Bertz CT molecular complexity index is 848. The molecule has 2 aromatic rings. The van der Waals surface area contributed by atoms with Gasteiger partial charge in [0.25, 0.3) is 0 Å². The van der Waals surface area contributed by atoms with Gasteiger partial charge >= 0.3 is 6.03 Å². The number of rotatable bonds is 5. The van der Waals surface area contributed by atoms with E-state index < -0.39 is 0 Å². The van der Waals surface area contributed by atoms with E-state index in [1.54, 1.807) is 0 Å². The zero-order valence-corrected chi connectivity index (χ0v) is 17.0. The third kappa shape index (κ3) is 4.35. The second-order valence-electron chi connectivity index (χ2n) is 7.83. The Morgan fingerprint density at radius 2 is 1.79 bits per heavy atom. The Labute approximate surface area is 167 Å². The first-order chi connectivity index (χ1) is 13.4. The molecule has 28 heavy (non-hydrogen) atoms. The molecule has 1 aliphatic rings. The third-order valence-corrected chi connectivity index (χ3v) is 5.41. The average molecular weight is 380 g/mol. The molecule has 3 amide bonds. The fourth-order valence-electron chi connectivity index (χ4n) is 3.79. The van der Waals surface area contributed by atoms with Crippen LogP contribution in [0.15, 0.2) is 48.5 Å². The molecule has 1 heterocycles. The molecule has 1 saturated heterocycles. The van der Waals surface area contributed by atoms with Crippen molar-refractivity contribution in [3.63, 3.8) is 0 Å². The molecular weight excluding hydrogens is 350 g/mol. The van der Waals surface area contributed by atoms with Crippen molar-refractivity contribution >= 4 is 17.6 Å². The number of carbonyl (C=O) groups is 2. The summed E-state index contributed by atoms with van der Waals surface area (Å²) in [5, 5.41) is 5.97. The van der Waals surface area contributed by atoms with Crippen LogP contribution in [0.5, 0.6) is 0 Å². The first-order valence-corrected chi connectivity index (χ1v) is 9.88. The van der Waals surface area contributed by atoms with Crippen LogP contribution in [0.2, 0.25) is 0 Å². The number of amides is 3. The summed E-state index contributed by atoms with van der Waals surface area (Å²) in [6.07, 6.45) is 0.329. The highest BCUT2D eigenvalue weighted by Gasteiger charge is 2.34. The summed E-state index contributed by atoms with van der Waals surface area (Å²) < 4.78 is 0. The molecule has 2 N–H and O–H groups in total. The lowest BCUT2D eigenvalue weighted by atomic mass is 9.98. The van der Waals surface area contributed by atoms with Crippen molar-refractivity contribution in [2.45, 2.75) is 52.1 Å². The van der Waals surface area contributed by atoms with Gasteiger partial charge in [0.2, 0.25) is 5.91 Å². The molecule has 5 heteroatoms. The van der Waals surface area contributed by atoms with Gasteiger partial charge in [0.1, 0.15) is 0 Å². The topological polar surface area (TPSA) is 61.4 Å². The van der Waals surface area contributed by atoms with Gasteiger partial charge in [-0.3, -0.25) is 4.79 Å². The maximum Gasteiger partial charge on any atom is 0.319 e. The molecule has 2 aromatic carbocycles. The number of para-hydroxylation sites is 1. The van der Waals surface area contributed by atoms with E-state index in [9.17, 15) is 9.59 Å². The number of aryl methyl sites for hydroxylation is 1. The van der Waals surface area contributed by atoms with E-state index in [4.69, 9.17) is 0 Å². The lowest BCUT2D eigenvalue weighted by molar-refractivity contribution is -0.129. The Hall–Kier alpha value is -2.82. The summed E-state index contributed by atoms with van der Waals surface area (Å²) in [6, 6.07) is 15.5. The summed E-state index contributed by atoms with van der Waals surface area (Å²) in [4.78, 5) is 26.9. The lowest BCUT2D eigenvalue weighted by Crippen LogP contribution is -2.40. The van der Waals surface area contributed by atoms with Crippen molar-refractivity contribution in [3.05, 3.63) is 65.2 Å². The molecule has 2 atom stereocenters. The second kappa shape index (κ2) is 8.46. The van der Waals surface area contributed by atoms with E-state index in [0.29, 0.717) is 18.9 Å². The van der Waals surface area contributed by atoms with Gasteiger partial charge in [0, 0.05) is 18.7 Å². The van der Waals surface area contributed by atoms with E-state index in [-0.39, 0.29) is 24.0 Å². The van der Waals surface area contributed by atoms with E-state index in [0.717, 1.165) is 22.4 Å². The van der Waals surface area contributed by atoms with Crippen LogP contribution in [0.1, 0.15) is 55.8 Å². The van der Waals surface area contributed by atoms with Crippen molar-refractivity contribution in [1.82, 2.24) is 10.2 Å². The molecule has 0 aromatic heterocycles. The van der Waals surface area contributed by atoms with Crippen molar-refractivity contribution in [1.29, 1.82) is 0 Å². The van der Waals surface area contributed by atoms with Gasteiger partial charge in [-0.15, -0.1) is 0 Å². The van der Waals surface area contributed by atoms with E-state index in [1.165, 1.54) is 0 Å². The molecular formula is C23H29N3O2. The minimum absolute atomic E-state index is 0.00697.